The molecule has 586 valence electrons. The van der Waals surface area contributed by atoms with Crippen molar-refractivity contribution in [3.05, 3.63) is 360 Å². The monoisotopic (exact) mass is 1530 g/mol. The van der Waals surface area contributed by atoms with Crippen LogP contribution in [-0.4, -0.2) is 39.0 Å². The quantitative estimate of drug-likeness (QED) is 0.158. The number of para-hydroxylation sites is 4. The smallest absolute Gasteiger partial charge is 0.137 e. The van der Waals surface area contributed by atoms with E-state index in [2.05, 4.69) is 249 Å². The van der Waals surface area contributed by atoms with E-state index in [1.54, 1.807) is 49.5 Å². The molecule has 0 unspecified atom stereocenters. The Balaban J connectivity index is 0.000000149. The number of aryl methyl sites for hydroxylation is 4. The molecule has 0 amide bonds. The van der Waals surface area contributed by atoms with Gasteiger partial charge in [-0.1, -0.05) is 356 Å². The first kappa shape index (κ1) is 69.9. The van der Waals surface area contributed by atoms with E-state index in [0.29, 0.717) is 39.5 Å². The number of fused-ring (bicyclic) bond motifs is 6. The predicted molar refractivity (Wildman–Crippen MR) is 492 cm³/mol. The Morgan fingerprint density at radius 2 is 0.565 bits per heavy atom. The minimum atomic E-state index is -2.19. The molecule has 0 saturated carbocycles. The SMILES string of the molecule is CC(C)(C)c1nc(-n2c3ccccc3c3ccccc32)ccc1-c1ccccc1.CC(C)(C)c1ncccc1-c1ccccc1.[2H]C([2H])(C)c1ccc(-c2ccccc2)c(C(C)(C)C)n1.[2H]C([2H])([2H])c1ccc(-c2ccccc2)nc1C(C)(C)C.[2H]C([2H])([2H])c1ccc(-n2c3ccccc3c3ccccc32)nc1C(C)(C)C.[2H]C([2H])([2H])c1cccnc1C(C)(C)C. The van der Waals surface area contributed by atoms with Gasteiger partial charge in [0.25, 0.3) is 0 Å². The van der Waals surface area contributed by atoms with Crippen molar-refractivity contribution in [2.45, 2.75) is 191 Å². The zero-order chi connectivity index (χ0) is 91.9. The summed E-state index contributed by atoms with van der Waals surface area (Å²) < 4.78 is 88.9. The third kappa shape index (κ3) is 20.4. The van der Waals surface area contributed by atoms with Gasteiger partial charge in [-0.3, -0.25) is 29.1 Å². The average molecular weight is 1530 g/mol. The highest BCUT2D eigenvalue weighted by Crippen LogP contribution is 2.39. The number of hydrogen-bond acceptors (Lipinski definition) is 6. The van der Waals surface area contributed by atoms with Gasteiger partial charge in [-0.25, -0.2) is 9.97 Å². The molecule has 8 heterocycles. The Morgan fingerprint density at radius 3 is 0.948 bits per heavy atom. The van der Waals surface area contributed by atoms with Crippen molar-refractivity contribution >= 4 is 43.6 Å². The lowest BCUT2D eigenvalue weighted by Crippen LogP contribution is -2.16. The molecule has 0 fully saturated rings. The minimum absolute atomic E-state index is 0.0695. The fourth-order valence-electron chi connectivity index (χ4n) is 14.2. The second kappa shape index (κ2) is 35.7. The molecule has 0 bridgehead atoms. The van der Waals surface area contributed by atoms with Gasteiger partial charge < -0.3 is 0 Å². The highest BCUT2D eigenvalue weighted by atomic mass is 15.1. The number of nitrogens with zero attached hydrogens (tertiary/aromatic N) is 8. The lowest BCUT2D eigenvalue weighted by molar-refractivity contribution is 0.563. The van der Waals surface area contributed by atoms with Crippen LogP contribution in [-0.2, 0) is 38.9 Å². The largest absolute Gasteiger partial charge is 0.294 e. The maximum absolute atomic E-state index is 7.89. The molecule has 8 aromatic carbocycles. The summed E-state index contributed by atoms with van der Waals surface area (Å²) in [7, 11) is 0. The number of rotatable bonds is 7. The summed E-state index contributed by atoms with van der Waals surface area (Å²) >= 11 is 0. The van der Waals surface area contributed by atoms with Crippen LogP contribution in [0.2, 0.25) is 0 Å². The van der Waals surface area contributed by atoms with Gasteiger partial charge in [-0.15, -0.1) is 0 Å². The van der Waals surface area contributed by atoms with Gasteiger partial charge in [-0.05, 0) is 127 Å². The van der Waals surface area contributed by atoms with Crippen molar-refractivity contribution in [3.63, 3.8) is 0 Å². The topological polar surface area (TPSA) is 87.2 Å². The standard InChI is InChI=1S/C27H24N2.C22H22N2.C17H21N.C16H19N.C15H17N.C10H15N/c1-27(2,3)26-20(19-11-5-4-6-12-19)17-18-25(28-26)29-23-15-9-7-13-21(23)22-14-8-10-16-24(22)29;1-15-13-14-20(23-21(15)22(2,3)4)24-18-11-7-5-9-16(18)17-10-6-8-12-19(17)24;1-5-14-11-12-15(13-9-7-6-8-10-13)16(18-14)17(2,3)4;1-12-10-11-14(13-8-6-5-7-9-13)17-15(12)16(2,3)4;1-15(2,3)14-13(10-7-11-16-14)12-8-5-4-6-9-12;1-8-6-5-7-11-9(8)10(2,3)4/h4-18H,1-3H3;5-14H,1-4H3;6-12H,5H2,1-4H3;5-11H,1-4H3;4-11H,1-3H3;5-7H,1-4H3/i;1D3;5D2;1D3;;1D3. The fourth-order valence-corrected chi connectivity index (χ4v) is 14.2. The lowest BCUT2D eigenvalue weighted by Gasteiger charge is -2.23. The van der Waals surface area contributed by atoms with Crippen molar-refractivity contribution in [2.24, 2.45) is 0 Å². The number of pyridine rings is 6. The Hall–Kier alpha value is -11.7. The Bertz CT molecular complexity index is 6240. The van der Waals surface area contributed by atoms with Gasteiger partial charge in [-0.2, -0.15) is 0 Å². The zero-order valence-electron chi connectivity index (χ0n) is 81.4. The Labute approximate surface area is 701 Å². The predicted octanol–water partition coefficient (Wildman–Crippen LogP) is 28.6. The van der Waals surface area contributed by atoms with Crippen molar-refractivity contribution in [3.8, 4) is 56.3 Å². The van der Waals surface area contributed by atoms with Gasteiger partial charge in [0.2, 0.25) is 0 Å². The van der Waals surface area contributed by atoms with Crippen molar-refractivity contribution < 1.29 is 15.1 Å². The normalized spacial score (nSPS) is 13.6. The van der Waals surface area contributed by atoms with Crippen molar-refractivity contribution in [2.75, 3.05) is 0 Å². The lowest BCUT2D eigenvalue weighted by atomic mass is 9.86. The van der Waals surface area contributed by atoms with Crippen LogP contribution in [0.4, 0.5) is 0 Å². The van der Waals surface area contributed by atoms with Gasteiger partial charge in [0.1, 0.15) is 11.6 Å². The van der Waals surface area contributed by atoms with Gasteiger partial charge in [0.05, 0.1) is 50.5 Å². The van der Waals surface area contributed by atoms with Crippen LogP contribution in [0.25, 0.3) is 99.9 Å². The van der Waals surface area contributed by atoms with E-state index in [1.165, 1.54) is 44.1 Å². The van der Waals surface area contributed by atoms with Crippen molar-refractivity contribution in [1.82, 2.24) is 39.0 Å². The molecule has 0 radical (unpaired) electrons. The summed E-state index contributed by atoms with van der Waals surface area (Å²) in [6.07, 6.45) is 2.08. The van der Waals surface area contributed by atoms with Crippen LogP contribution < -0.4 is 0 Å². The molecule has 16 rings (SSSR count). The summed E-state index contributed by atoms with van der Waals surface area (Å²) in [6.45, 7) is 32.6. The summed E-state index contributed by atoms with van der Waals surface area (Å²) in [5, 5.41) is 4.84. The number of aromatic nitrogens is 8. The first-order valence-corrected chi connectivity index (χ1v) is 39.6. The molecule has 8 aromatic heterocycles. The second-order valence-electron chi connectivity index (χ2n) is 35.1. The molecule has 0 atom stereocenters. The molecule has 8 heteroatoms. The van der Waals surface area contributed by atoms with Gasteiger partial charge in [0, 0.05) is 121 Å². The highest BCUT2D eigenvalue weighted by molar-refractivity contribution is 6.10. The fraction of sp³-hybridized carbons (Fsp3) is 0.271. The van der Waals surface area contributed by atoms with Crippen LogP contribution in [0.15, 0.2) is 304 Å². The molecular formula is C107H118N8. The second-order valence-corrected chi connectivity index (χ2v) is 35.1. The Morgan fingerprint density at radius 1 is 0.261 bits per heavy atom. The van der Waals surface area contributed by atoms with Gasteiger partial charge in [0.15, 0.2) is 0 Å². The molecule has 16 aromatic rings. The molecule has 0 N–H and O–H groups in total. The minimum Gasteiger partial charge on any atom is -0.294 e. The third-order valence-corrected chi connectivity index (χ3v) is 19.6. The Kier molecular flexibility index (Phi) is 21.7. The molecule has 8 nitrogen and oxygen atoms in total. The molecule has 0 spiro atoms. The van der Waals surface area contributed by atoms with Crippen LogP contribution >= 0.6 is 0 Å². The zero-order valence-corrected chi connectivity index (χ0v) is 70.4. The summed E-state index contributed by atoms with van der Waals surface area (Å²) in [5.41, 5.74) is 18.9. The first-order valence-electron chi connectivity index (χ1n) is 45.1. The van der Waals surface area contributed by atoms with Crippen LogP contribution in [0, 0.1) is 20.6 Å². The maximum Gasteiger partial charge on any atom is 0.137 e. The molecule has 0 saturated heterocycles. The molecule has 115 heavy (non-hydrogen) atoms. The molecule has 0 aliphatic rings. The first-order chi connectivity index (χ1) is 58.9. The number of benzene rings is 8. The molecule has 0 aliphatic carbocycles. The summed E-state index contributed by atoms with van der Waals surface area (Å²) in [5.74, 6) is 1.71. The van der Waals surface area contributed by atoms with E-state index in [9.17, 15) is 0 Å². The van der Waals surface area contributed by atoms with Crippen LogP contribution in [0.1, 0.15) is 203 Å². The van der Waals surface area contributed by atoms with E-state index >= 15 is 0 Å². The molecule has 0 aliphatic heterocycles. The summed E-state index contributed by atoms with van der Waals surface area (Å²) in [4.78, 5) is 28.0. The van der Waals surface area contributed by atoms with E-state index in [4.69, 9.17) is 25.0 Å². The van der Waals surface area contributed by atoms with Gasteiger partial charge >= 0.3 is 0 Å². The van der Waals surface area contributed by atoms with E-state index < -0.39 is 26.9 Å². The summed E-state index contributed by atoms with van der Waals surface area (Å²) in [6, 6.07) is 97.1. The van der Waals surface area contributed by atoms with E-state index in [0.717, 1.165) is 72.9 Å². The average Bonchev–Trinajstić information content (AvgIpc) is 1.59. The highest BCUT2D eigenvalue weighted by Gasteiger charge is 2.27. The van der Waals surface area contributed by atoms with E-state index in [1.807, 2.05) is 166 Å². The number of hydrogen-bond donors (Lipinski definition) is 0. The maximum atomic E-state index is 7.89. The van der Waals surface area contributed by atoms with Crippen LogP contribution in [0.5, 0.6) is 0 Å². The third-order valence-electron chi connectivity index (χ3n) is 19.6. The van der Waals surface area contributed by atoms with Crippen molar-refractivity contribution in [1.29, 1.82) is 0 Å². The molecular weight excluding hydrogens is 1400 g/mol. The van der Waals surface area contributed by atoms with Crippen LogP contribution in [0.3, 0.4) is 0 Å². The van der Waals surface area contributed by atoms with E-state index in [-0.39, 0.29) is 32.5 Å².